The fourth-order valence-electron chi connectivity index (χ4n) is 5.33. The highest BCUT2D eigenvalue weighted by Gasteiger charge is 2.32. The highest BCUT2D eigenvalue weighted by atomic mass is 32.1. The molecular weight excluding hydrogens is 576 g/mol. The van der Waals surface area contributed by atoms with Gasteiger partial charge in [0.25, 0.3) is 5.56 Å². The van der Waals surface area contributed by atoms with Crippen LogP contribution in [-0.4, -0.2) is 29.4 Å². The normalized spacial score (nSPS) is 14.7. The first kappa shape index (κ1) is 28.9. The molecule has 0 aliphatic carbocycles. The third-order valence-electron chi connectivity index (χ3n) is 7.50. The van der Waals surface area contributed by atoms with Crippen LogP contribution in [0.1, 0.15) is 36.6 Å². The summed E-state index contributed by atoms with van der Waals surface area (Å²) in [5.74, 6) is 0.553. The van der Waals surface area contributed by atoms with Crippen LogP contribution in [-0.2, 0) is 16.1 Å². The van der Waals surface area contributed by atoms with E-state index >= 15 is 0 Å². The Morgan fingerprint density at radius 3 is 2.57 bits per heavy atom. The van der Waals surface area contributed by atoms with Crippen molar-refractivity contribution < 1.29 is 24.1 Å². The van der Waals surface area contributed by atoms with Crippen LogP contribution in [0.2, 0.25) is 0 Å². The van der Waals surface area contributed by atoms with Crippen LogP contribution in [0.4, 0.5) is 0 Å². The van der Waals surface area contributed by atoms with Crippen molar-refractivity contribution in [1.82, 2.24) is 4.57 Å². The molecule has 0 bridgehead atoms. The third-order valence-corrected chi connectivity index (χ3v) is 8.49. The lowest BCUT2D eigenvalue weighted by Crippen LogP contribution is -2.35. The minimum atomic E-state index is -0.747. The van der Waals surface area contributed by atoms with E-state index in [0.717, 1.165) is 16.3 Å². The molecule has 1 aliphatic rings. The monoisotopic (exact) mass is 606 g/mol. The van der Waals surface area contributed by atoms with Crippen LogP contribution in [0.3, 0.4) is 0 Å². The summed E-state index contributed by atoms with van der Waals surface area (Å²) in [4.78, 5) is 32.4. The Kier molecular flexibility index (Phi) is 8.04. The Balaban J connectivity index is 1.47. The number of aromatic nitrogens is 1. The number of hydrogen-bond donors (Lipinski definition) is 1. The summed E-state index contributed by atoms with van der Waals surface area (Å²) >= 11 is 1.20. The summed E-state index contributed by atoms with van der Waals surface area (Å²) in [6.07, 6.45) is 1.68. The molecular formula is C35H30N2O6S. The number of rotatable bonds is 8. The van der Waals surface area contributed by atoms with E-state index in [2.05, 4.69) is 0 Å². The summed E-state index contributed by atoms with van der Waals surface area (Å²) in [5.41, 5.74) is 2.61. The van der Waals surface area contributed by atoms with E-state index in [0.29, 0.717) is 44.3 Å². The van der Waals surface area contributed by atoms with Gasteiger partial charge in [0, 0.05) is 11.3 Å². The Bertz CT molecular complexity index is 2100. The fraction of sp³-hybridized carbons (Fsp3) is 0.171. The van der Waals surface area contributed by atoms with Gasteiger partial charge in [-0.15, -0.1) is 0 Å². The van der Waals surface area contributed by atoms with Gasteiger partial charge >= 0.3 is 5.97 Å². The number of aromatic hydroxyl groups is 1. The number of phenolic OH excluding ortho intramolecular Hbond substituents is 1. The van der Waals surface area contributed by atoms with Crippen molar-refractivity contribution in [1.29, 1.82) is 0 Å². The molecule has 1 aromatic heterocycles. The molecule has 1 atom stereocenters. The second kappa shape index (κ2) is 12.2. The molecule has 0 amide bonds. The maximum absolute atomic E-state index is 13.8. The molecule has 5 aromatic rings. The van der Waals surface area contributed by atoms with Crippen LogP contribution in [0.5, 0.6) is 17.2 Å². The molecule has 0 fully saturated rings. The van der Waals surface area contributed by atoms with E-state index < -0.39 is 12.0 Å². The first-order valence-corrected chi connectivity index (χ1v) is 15.0. The minimum Gasteiger partial charge on any atom is -0.507 e. The molecule has 1 N–H and O–H groups in total. The predicted molar refractivity (Wildman–Crippen MR) is 171 cm³/mol. The lowest BCUT2D eigenvalue weighted by atomic mass is 9.96. The quantitative estimate of drug-likeness (QED) is 0.239. The minimum absolute atomic E-state index is 0.0652. The molecule has 0 unspecified atom stereocenters. The number of methoxy groups -OCH3 is 1. The van der Waals surface area contributed by atoms with Gasteiger partial charge < -0.3 is 19.3 Å². The van der Waals surface area contributed by atoms with Crippen LogP contribution >= 0.6 is 11.3 Å². The molecule has 8 nitrogen and oxygen atoms in total. The van der Waals surface area contributed by atoms with Crippen molar-refractivity contribution in [3.8, 4) is 17.2 Å². The van der Waals surface area contributed by atoms with Crippen molar-refractivity contribution >= 4 is 39.9 Å². The number of ether oxygens (including phenoxy) is 3. The van der Waals surface area contributed by atoms with Gasteiger partial charge in [-0.25, -0.2) is 9.79 Å². The maximum atomic E-state index is 13.8. The van der Waals surface area contributed by atoms with Crippen molar-refractivity contribution in [2.45, 2.75) is 26.5 Å². The number of nitrogens with zero attached hydrogens (tertiary/aromatic N) is 2. The van der Waals surface area contributed by atoms with E-state index in [1.165, 1.54) is 15.9 Å². The number of phenols is 1. The number of esters is 1. The van der Waals surface area contributed by atoms with Crippen LogP contribution in [0.15, 0.2) is 100 Å². The lowest BCUT2D eigenvalue weighted by molar-refractivity contribution is -0.138. The Hall–Kier alpha value is -5.15. The van der Waals surface area contributed by atoms with E-state index in [-0.39, 0.29) is 23.5 Å². The van der Waals surface area contributed by atoms with Crippen molar-refractivity contribution in [3.05, 3.63) is 127 Å². The topological polar surface area (TPSA) is 99.4 Å². The van der Waals surface area contributed by atoms with E-state index in [9.17, 15) is 14.7 Å². The first-order chi connectivity index (χ1) is 21.4. The summed E-state index contributed by atoms with van der Waals surface area (Å²) < 4.78 is 18.9. The maximum Gasteiger partial charge on any atom is 0.338 e. The highest BCUT2D eigenvalue weighted by molar-refractivity contribution is 7.07. The van der Waals surface area contributed by atoms with Crippen LogP contribution in [0, 0.1) is 0 Å². The molecule has 44 heavy (non-hydrogen) atoms. The zero-order valence-electron chi connectivity index (χ0n) is 24.4. The van der Waals surface area contributed by atoms with E-state index in [1.807, 2.05) is 66.7 Å². The molecule has 4 aromatic carbocycles. The zero-order valence-corrected chi connectivity index (χ0v) is 25.3. The van der Waals surface area contributed by atoms with Gasteiger partial charge in [0.1, 0.15) is 18.4 Å². The lowest BCUT2D eigenvalue weighted by Gasteiger charge is -2.23. The van der Waals surface area contributed by atoms with Gasteiger partial charge in [0.15, 0.2) is 16.3 Å². The van der Waals surface area contributed by atoms with Crippen molar-refractivity contribution in [2.75, 3.05) is 13.7 Å². The molecule has 0 saturated heterocycles. The molecule has 2 heterocycles. The standard InChI is InChI=1S/C35H30N2O6S/c1-4-42-34(40)31-21(2)37-33(39)30(19-26-25-13-9-8-12-23(25)14-16-27(26)38)44-35(37)36-32(31)24-15-17-28(29(18-24)41-3)43-20-22-10-6-5-7-11-22/h5-19,32,38H,4,20H2,1-3H3/b30-19-/t32-/m0/s1. The van der Waals surface area contributed by atoms with Gasteiger partial charge in [0.05, 0.1) is 23.8 Å². The number of benzene rings is 4. The Morgan fingerprint density at radius 2 is 1.80 bits per heavy atom. The number of allylic oxidation sites excluding steroid dienone is 1. The Morgan fingerprint density at radius 1 is 1.02 bits per heavy atom. The Labute approximate surface area is 257 Å². The molecule has 6 rings (SSSR count). The van der Waals surface area contributed by atoms with Crippen LogP contribution < -0.4 is 24.4 Å². The van der Waals surface area contributed by atoms with Crippen molar-refractivity contribution in [3.63, 3.8) is 0 Å². The molecule has 0 saturated carbocycles. The van der Waals surface area contributed by atoms with Crippen molar-refractivity contribution in [2.24, 2.45) is 4.99 Å². The number of hydrogen-bond acceptors (Lipinski definition) is 8. The smallest absolute Gasteiger partial charge is 0.338 e. The van der Waals surface area contributed by atoms with E-state index in [1.54, 1.807) is 45.2 Å². The second-order valence-electron chi connectivity index (χ2n) is 10.2. The zero-order chi connectivity index (χ0) is 30.8. The summed E-state index contributed by atoms with van der Waals surface area (Å²) in [7, 11) is 1.56. The second-order valence-corrected chi connectivity index (χ2v) is 11.2. The van der Waals surface area contributed by atoms with Gasteiger partial charge in [-0.05, 0) is 60.0 Å². The fourth-order valence-corrected chi connectivity index (χ4v) is 6.36. The summed E-state index contributed by atoms with van der Waals surface area (Å²) in [6.45, 7) is 3.99. The predicted octanol–water partition coefficient (Wildman–Crippen LogP) is 5.35. The first-order valence-electron chi connectivity index (χ1n) is 14.1. The van der Waals surface area contributed by atoms with Crippen LogP contribution in [0.25, 0.3) is 22.5 Å². The molecule has 0 radical (unpaired) electrons. The highest BCUT2D eigenvalue weighted by Crippen LogP contribution is 2.37. The molecule has 222 valence electrons. The average Bonchev–Trinajstić information content (AvgIpc) is 3.36. The van der Waals surface area contributed by atoms with E-state index in [4.69, 9.17) is 19.2 Å². The van der Waals surface area contributed by atoms with Gasteiger partial charge in [-0.1, -0.05) is 78.1 Å². The average molecular weight is 607 g/mol. The van der Waals surface area contributed by atoms with Gasteiger partial charge in [-0.2, -0.15) is 0 Å². The number of carbonyl (C=O) groups excluding carboxylic acids is 1. The molecule has 9 heteroatoms. The summed E-state index contributed by atoms with van der Waals surface area (Å²) in [5, 5.41) is 12.5. The number of fused-ring (bicyclic) bond motifs is 2. The van der Waals surface area contributed by atoms with Gasteiger partial charge in [-0.3, -0.25) is 9.36 Å². The van der Waals surface area contributed by atoms with Gasteiger partial charge in [0.2, 0.25) is 0 Å². The molecule has 0 spiro atoms. The number of thiazole rings is 1. The third kappa shape index (κ3) is 5.38. The summed E-state index contributed by atoms with van der Waals surface area (Å²) in [6, 6.07) is 25.6. The SMILES string of the molecule is CCOC(=O)C1=C(C)n2c(s/c(=C\c3c(O)ccc4ccccc34)c2=O)=N[C@H]1c1ccc(OCc2ccccc2)c(OC)c1. The number of carbonyl (C=O) groups is 1. The largest absolute Gasteiger partial charge is 0.507 e. The molecule has 1 aliphatic heterocycles.